The molecule has 178 valence electrons. The molecule has 0 saturated heterocycles. The summed E-state index contributed by atoms with van der Waals surface area (Å²) in [6.45, 7) is 10.9. The molecule has 4 nitrogen and oxygen atoms in total. The second kappa shape index (κ2) is 8.00. The Bertz CT molecular complexity index is 1180. The van der Waals surface area contributed by atoms with E-state index in [0.717, 1.165) is 22.3 Å². The molecule has 34 heavy (non-hydrogen) atoms. The van der Waals surface area contributed by atoms with Crippen molar-refractivity contribution in [3.8, 4) is 0 Å². The van der Waals surface area contributed by atoms with Crippen molar-refractivity contribution in [1.29, 1.82) is 0 Å². The van der Waals surface area contributed by atoms with Crippen LogP contribution in [-0.2, 0) is 31.8 Å². The summed E-state index contributed by atoms with van der Waals surface area (Å²) in [5.41, 5.74) is 2.44. The zero-order valence-corrected chi connectivity index (χ0v) is 22.5. The number of hydrogen-bond donors (Lipinski definition) is 0. The van der Waals surface area contributed by atoms with Crippen LogP contribution in [0.3, 0.4) is 0 Å². The molecular weight excluding hydrogens is 460 g/mol. The second-order valence-electron chi connectivity index (χ2n) is 11.6. The summed E-state index contributed by atoms with van der Waals surface area (Å²) in [7, 11) is 0. The normalized spacial score (nSPS) is 19.5. The Hall–Kier alpha value is -2.56. The first-order chi connectivity index (χ1) is 15.7. The van der Waals surface area contributed by atoms with Gasteiger partial charge in [0.25, 0.3) is 0 Å². The third-order valence-corrected chi connectivity index (χ3v) is 14.5. The van der Waals surface area contributed by atoms with E-state index in [1.165, 1.54) is 0 Å². The second-order valence-corrected chi connectivity index (χ2v) is 18.6. The van der Waals surface area contributed by atoms with Gasteiger partial charge in [-0.15, -0.1) is 0 Å². The van der Waals surface area contributed by atoms with E-state index in [9.17, 15) is 9.59 Å². The van der Waals surface area contributed by atoms with Crippen LogP contribution in [0.15, 0.2) is 60.7 Å². The number of allylic oxidation sites excluding steroid dienone is 2. The van der Waals surface area contributed by atoms with Crippen molar-refractivity contribution in [2.45, 2.75) is 50.0 Å². The van der Waals surface area contributed by atoms with Crippen LogP contribution in [0.1, 0.15) is 72.2 Å². The van der Waals surface area contributed by atoms with Crippen molar-refractivity contribution in [2.24, 2.45) is 10.8 Å². The molecular formula is C29H34O4Ti. The molecule has 5 heteroatoms. The molecule has 0 heterocycles. The fraction of sp³-hybridized carbons (Fsp3) is 0.345. The SMILES string of the molecule is [CH2]=[Ti]([O]C(=O)C(C)(C)C)([O]C(=O)C(C)(C)C)([CH]1C=Cc2ccccc21)[CH]1C=Cc2ccccc21. The maximum absolute atomic E-state index is 13.6. The minimum atomic E-state index is -5.40. The van der Waals surface area contributed by atoms with Gasteiger partial charge in [-0.05, 0) is 0 Å². The van der Waals surface area contributed by atoms with Crippen molar-refractivity contribution < 1.29 is 31.8 Å². The van der Waals surface area contributed by atoms with Crippen LogP contribution in [0.5, 0.6) is 0 Å². The summed E-state index contributed by atoms with van der Waals surface area (Å²) < 4.78 is 12.4. The number of hydrogen-bond acceptors (Lipinski definition) is 4. The fourth-order valence-electron chi connectivity index (χ4n) is 4.75. The first kappa shape index (κ1) is 24.6. The minimum absolute atomic E-state index is 0.406. The van der Waals surface area contributed by atoms with E-state index < -0.39 is 46.8 Å². The average molecular weight is 494 g/mol. The third-order valence-electron chi connectivity index (χ3n) is 6.78. The molecule has 2 aromatic rings. The third kappa shape index (κ3) is 3.97. The average Bonchev–Trinajstić information content (AvgIpc) is 3.38. The summed E-state index contributed by atoms with van der Waals surface area (Å²) in [6.07, 6.45) is 8.09. The molecule has 2 aliphatic rings. The van der Waals surface area contributed by atoms with Crippen molar-refractivity contribution in [2.75, 3.05) is 0 Å². The molecule has 0 saturated carbocycles. The summed E-state index contributed by atoms with van der Waals surface area (Å²) >= 11 is -5.40. The van der Waals surface area contributed by atoms with Gasteiger partial charge >= 0.3 is 205 Å². The fourth-order valence-corrected chi connectivity index (χ4v) is 12.9. The van der Waals surface area contributed by atoms with Gasteiger partial charge < -0.3 is 0 Å². The standard InChI is InChI=1S/2C9H7.2C5H10O2.CH2.Ti/c2*1-2-5-9-7-3-6-8(9)4-1;2*1-5(2,3)4(6)7;;/h2*1-7H;2*1-3H3,(H,6,7);1H2;/q;;;;;+2/p-2. The quantitative estimate of drug-likeness (QED) is 0.447. The predicted octanol–water partition coefficient (Wildman–Crippen LogP) is 6.65. The first-order valence-corrected chi connectivity index (χ1v) is 16.0. The van der Waals surface area contributed by atoms with Gasteiger partial charge in [0.05, 0.1) is 0 Å². The van der Waals surface area contributed by atoms with Gasteiger partial charge in [0.15, 0.2) is 0 Å². The molecule has 2 atom stereocenters. The molecule has 0 spiro atoms. The molecule has 0 bridgehead atoms. The van der Waals surface area contributed by atoms with Crippen molar-refractivity contribution >= 4 is 28.9 Å². The Balaban J connectivity index is 2.03. The molecule has 2 aromatic carbocycles. The van der Waals surface area contributed by atoms with E-state index >= 15 is 0 Å². The Morgan fingerprint density at radius 1 is 0.706 bits per heavy atom. The van der Waals surface area contributed by atoms with Gasteiger partial charge in [-0.3, -0.25) is 0 Å². The first-order valence-electron chi connectivity index (χ1n) is 11.8. The van der Waals surface area contributed by atoms with Crippen molar-refractivity contribution in [1.82, 2.24) is 0 Å². The Labute approximate surface area is 204 Å². The summed E-state index contributed by atoms with van der Waals surface area (Å²) in [6, 6.07) is 16.0. The molecule has 0 amide bonds. The van der Waals surface area contributed by atoms with Crippen molar-refractivity contribution in [3.63, 3.8) is 0 Å². The van der Waals surface area contributed by atoms with Gasteiger partial charge in [-0.2, -0.15) is 0 Å². The monoisotopic (exact) mass is 494 g/mol. The number of carbonyl (C=O) groups is 2. The summed E-state index contributed by atoms with van der Waals surface area (Å²) in [4.78, 5) is 32.0. The molecule has 4 rings (SSSR count). The molecule has 0 N–H and O–H groups in total. The number of carbonyl (C=O) groups excluding carboxylic acids is 2. The Morgan fingerprint density at radius 2 is 1.06 bits per heavy atom. The van der Waals surface area contributed by atoms with Crippen LogP contribution in [0.4, 0.5) is 0 Å². The van der Waals surface area contributed by atoms with Crippen LogP contribution in [0.2, 0.25) is 0 Å². The van der Waals surface area contributed by atoms with Crippen LogP contribution in [-0.4, -0.2) is 16.8 Å². The van der Waals surface area contributed by atoms with Crippen LogP contribution < -0.4 is 0 Å². The van der Waals surface area contributed by atoms with E-state index in [4.69, 9.17) is 11.5 Å². The number of fused-ring (bicyclic) bond motifs is 2. The van der Waals surface area contributed by atoms with E-state index in [2.05, 4.69) is 0 Å². The van der Waals surface area contributed by atoms with E-state index in [0.29, 0.717) is 0 Å². The Kier molecular flexibility index (Phi) is 5.78. The molecule has 0 radical (unpaired) electrons. The van der Waals surface area contributed by atoms with Crippen molar-refractivity contribution in [3.05, 3.63) is 82.9 Å². The summed E-state index contributed by atoms with van der Waals surface area (Å²) in [5, 5.41) is 0. The van der Waals surface area contributed by atoms with Gasteiger partial charge in [0.1, 0.15) is 0 Å². The predicted molar refractivity (Wildman–Crippen MR) is 135 cm³/mol. The number of benzene rings is 2. The van der Waals surface area contributed by atoms with E-state index in [1.54, 1.807) is 0 Å². The van der Waals surface area contributed by atoms with Gasteiger partial charge in [-0.25, -0.2) is 0 Å². The Morgan fingerprint density at radius 3 is 1.41 bits per heavy atom. The number of rotatable bonds is 4. The molecule has 2 unspecified atom stereocenters. The summed E-state index contributed by atoms with van der Waals surface area (Å²) in [5.74, 6) is -0.812. The topological polar surface area (TPSA) is 52.6 Å². The van der Waals surface area contributed by atoms with E-state index in [-0.39, 0.29) is 0 Å². The maximum atomic E-state index is 13.6. The molecule has 2 aliphatic carbocycles. The zero-order valence-electron chi connectivity index (χ0n) is 20.9. The molecule has 0 fully saturated rings. The van der Waals surface area contributed by atoms with E-state index in [1.807, 2.05) is 114 Å². The van der Waals surface area contributed by atoms with Gasteiger partial charge in [0.2, 0.25) is 0 Å². The molecule has 0 aliphatic heterocycles. The zero-order chi connectivity index (χ0) is 25.0. The van der Waals surface area contributed by atoms with Crippen LogP contribution in [0, 0.1) is 10.8 Å². The van der Waals surface area contributed by atoms with Gasteiger partial charge in [-0.1, -0.05) is 0 Å². The van der Waals surface area contributed by atoms with Crippen LogP contribution in [0.25, 0.3) is 12.2 Å². The van der Waals surface area contributed by atoms with Gasteiger partial charge in [0, 0.05) is 0 Å². The molecule has 0 aromatic heterocycles. The van der Waals surface area contributed by atoms with Crippen LogP contribution >= 0.6 is 0 Å².